The van der Waals surface area contributed by atoms with Gasteiger partial charge in [-0.1, -0.05) is 6.92 Å². The largest absolute Gasteiger partial charge is 0.397 e. The number of carbonyl (C=O) groups excluding carboxylic acids is 1. The number of nitrogens with two attached hydrogens (primary N) is 1. The van der Waals surface area contributed by atoms with Gasteiger partial charge in [-0.3, -0.25) is 4.79 Å². The Balaban J connectivity index is 2.12. The fourth-order valence-electron chi connectivity index (χ4n) is 2.49. The van der Waals surface area contributed by atoms with E-state index >= 15 is 0 Å². The highest BCUT2D eigenvalue weighted by atomic mass is 16.5. The smallest absolute Gasteiger partial charge is 0.270 e. The van der Waals surface area contributed by atoms with Gasteiger partial charge in [-0.2, -0.15) is 0 Å². The summed E-state index contributed by atoms with van der Waals surface area (Å²) < 4.78 is 7.21. The van der Waals surface area contributed by atoms with Gasteiger partial charge in [0.05, 0.1) is 11.8 Å². The van der Waals surface area contributed by atoms with Crippen molar-refractivity contribution in [3.05, 3.63) is 18.0 Å². The predicted octanol–water partition coefficient (Wildman–Crippen LogP) is 1.10. The molecule has 2 heterocycles. The minimum Gasteiger partial charge on any atom is -0.397 e. The molecule has 2 N–H and O–H groups in total. The summed E-state index contributed by atoms with van der Waals surface area (Å²) in [5, 5.41) is 0. The minimum atomic E-state index is 0.0307. The van der Waals surface area contributed by atoms with Gasteiger partial charge in [0.2, 0.25) is 0 Å². The summed E-state index contributed by atoms with van der Waals surface area (Å²) in [6, 6.07) is 1.72. The van der Waals surface area contributed by atoms with Crippen LogP contribution in [0, 0.1) is 5.92 Å². The third kappa shape index (κ3) is 2.36. The number of anilines is 1. The zero-order chi connectivity index (χ0) is 13.3. The fraction of sp³-hybridized carbons (Fsp3) is 0.615. The lowest BCUT2D eigenvalue weighted by atomic mass is 9.95. The molecule has 1 aliphatic rings. The van der Waals surface area contributed by atoms with Gasteiger partial charge in [-0.15, -0.1) is 0 Å². The first-order valence-corrected chi connectivity index (χ1v) is 6.27. The molecule has 1 aliphatic heterocycles. The summed E-state index contributed by atoms with van der Waals surface area (Å²) >= 11 is 0. The molecule has 5 nitrogen and oxygen atoms in total. The van der Waals surface area contributed by atoms with Crippen molar-refractivity contribution in [1.82, 2.24) is 9.47 Å². The molecule has 1 amide bonds. The number of piperidine rings is 1. The van der Waals surface area contributed by atoms with Crippen LogP contribution in [0.5, 0.6) is 0 Å². The Morgan fingerprint density at radius 3 is 2.83 bits per heavy atom. The molecule has 2 rings (SSSR count). The molecule has 1 aromatic rings. The monoisotopic (exact) mass is 251 g/mol. The number of methoxy groups -OCH3 is 1. The third-order valence-electron chi connectivity index (χ3n) is 3.72. The summed E-state index contributed by atoms with van der Waals surface area (Å²) in [6.45, 7) is 3.60. The van der Waals surface area contributed by atoms with Crippen LogP contribution in [0.2, 0.25) is 0 Å². The van der Waals surface area contributed by atoms with Crippen LogP contribution in [-0.2, 0) is 11.8 Å². The maximum Gasteiger partial charge on any atom is 0.270 e. The van der Waals surface area contributed by atoms with E-state index in [0.29, 0.717) is 23.8 Å². The van der Waals surface area contributed by atoms with E-state index in [0.717, 1.165) is 13.0 Å². The normalized spacial score (nSPS) is 24.3. The predicted molar refractivity (Wildman–Crippen MR) is 70.3 cm³/mol. The number of ether oxygens (including phenoxy) is 1. The topological polar surface area (TPSA) is 60.5 Å². The molecule has 1 saturated heterocycles. The average Bonchev–Trinajstić information content (AvgIpc) is 2.68. The Morgan fingerprint density at radius 2 is 2.28 bits per heavy atom. The van der Waals surface area contributed by atoms with Crippen molar-refractivity contribution in [2.45, 2.75) is 19.4 Å². The first kappa shape index (κ1) is 13.0. The molecule has 0 aliphatic carbocycles. The van der Waals surface area contributed by atoms with Gasteiger partial charge in [0.25, 0.3) is 5.91 Å². The molecule has 2 unspecified atom stereocenters. The molecule has 0 aromatic carbocycles. The highest BCUT2D eigenvalue weighted by Gasteiger charge is 2.30. The van der Waals surface area contributed by atoms with Crippen LogP contribution < -0.4 is 5.73 Å². The quantitative estimate of drug-likeness (QED) is 0.856. The molecular weight excluding hydrogens is 230 g/mol. The molecule has 1 aromatic heterocycles. The van der Waals surface area contributed by atoms with Gasteiger partial charge in [0, 0.05) is 33.4 Å². The average molecular weight is 251 g/mol. The van der Waals surface area contributed by atoms with Crippen molar-refractivity contribution in [2.24, 2.45) is 13.0 Å². The molecule has 5 heteroatoms. The van der Waals surface area contributed by atoms with E-state index < -0.39 is 0 Å². The van der Waals surface area contributed by atoms with Crippen LogP contribution in [0.1, 0.15) is 23.8 Å². The maximum absolute atomic E-state index is 12.4. The highest BCUT2D eigenvalue weighted by Crippen LogP contribution is 2.21. The van der Waals surface area contributed by atoms with Crippen LogP contribution in [-0.4, -0.2) is 41.7 Å². The second kappa shape index (κ2) is 5.02. The molecule has 0 radical (unpaired) electrons. The first-order valence-electron chi connectivity index (χ1n) is 6.27. The molecular formula is C13H21N3O2. The summed E-state index contributed by atoms with van der Waals surface area (Å²) in [5.41, 5.74) is 6.96. The number of carbonyl (C=O) groups is 1. The number of aromatic nitrogens is 1. The van der Waals surface area contributed by atoms with Crippen molar-refractivity contribution in [2.75, 3.05) is 25.9 Å². The van der Waals surface area contributed by atoms with E-state index in [2.05, 4.69) is 6.92 Å². The summed E-state index contributed by atoms with van der Waals surface area (Å²) in [6.07, 6.45) is 2.86. The van der Waals surface area contributed by atoms with Crippen molar-refractivity contribution < 1.29 is 9.53 Å². The van der Waals surface area contributed by atoms with E-state index in [1.54, 1.807) is 23.9 Å². The first-order chi connectivity index (χ1) is 8.52. The summed E-state index contributed by atoms with van der Waals surface area (Å²) in [5.74, 6) is 0.528. The Hall–Kier alpha value is -1.49. The molecule has 0 spiro atoms. The van der Waals surface area contributed by atoms with E-state index in [1.165, 1.54) is 0 Å². The van der Waals surface area contributed by atoms with Crippen LogP contribution in [0.25, 0.3) is 0 Å². The zero-order valence-electron chi connectivity index (χ0n) is 11.2. The Morgan fingerprint density at radius 1 is 1.56 bits per heavy atom. The lowest BCUT2D eigenvalue weighted by molar-refractivity contribution is -0.00189. The van der Waals surface area contributed by atoms with E-state index in [9.17, 15) is 4.79 Å². The van der Waals surface area contributed by atoms with Gasteiger partial charge in [-0.25, -0.2) is 0 Å². The van der Waals surface area contributed by atoms with Gasteiger partial charge in [-0.05, 0) is 18.4 Å². The van der Waals surface area contributed by atoms with Crippen LogP contribution in [0.3, 0.4) is 0 Å². The number of hydrogen-bond acceptors (Lipinski definition) is 3. The van der Waals surface area contributed by atoms with Gasteiger partial charge < -0.3 is 19.9 Å². The Kier molecular flexibility index (Phi) is 3.61. The number of rotatable bonds is 2. The molecule has 1 fully saturated rings. The van der Waals surface area contributed by atoms with Crippen LogP contribution in [0.15, 0.2) is 12.3 Å². The second-order valence-corrected chi connectivity index (χ2v) is 5.06. The second-order valence-electron chi connectivity index (χ2n) is 5.06. The summed E-state index contributed by atoms with van der Waals surface area (Å²) in [4.78, 5) is 14.2. The van der Waals surface area contributed by atoms with Crippen molar-refractivity contribution in [1.29, 1.82) is 0 Å². The molecule has 0 saturated carbocycles. The molecule has 18 heavy (non-hydrogen) atoms. The van der Waals surface area contributed by atoms with E-state index in [-0.39, 0.29) is 12.0 Å². The van der Waals surface area contributed by atoms with Crippen molar-refractivity contribution in [3.8, 4) is 0 Å². The number of aryl methyl sites for hydroxylation is 1. The van der Waals surface area contributed by atoms with Crippen molar-refractivity contribution in [3.63, 3.8) is 0 Å². The number of amides is 1. The third-order valence-corrected chi connectivity index (χ3v) is 3.72. The molecule has 0 bridgehead atoms. The summed E-state index contributed by atoms with van der Waals surface area (Å²) in [7, 11) is 3.54. The number of likely N-dealkylation sites (tertiary alicyclic amines) is 1. The zero-order valence-corrected chi connectivity index (χ0v) is 11.2. The van der Waals surface area contributed by atoms with Gasteiger partial charge in [0.15, 0.2) is 0 Å². The SMILES string of the molecule is COC1CN(C(=O)c2cc(N)cn2C)CCC1C. The lowest BCUT2D eigenvalue weighted by Gasteiger charge is -2.36. The molecule has 100 valence electrons. The van der Waals surface area contributed by atoms with Gasteiger partial charge >= 0.3 is 0 Å². The Bertz CT molecular complexity index is 441. The van der Waals surface area contributed by atoms with Crippen LogP contribution >= 0.6 is 0 Å². The number of nitrogens with zero attached hydrogens (tertiary/aromatic N) is 2. The van der Waals surface area contributed by atoms with Gasteiger partial charge in [0.1, 0.15) is 5.69 Å². The highest BCUT2D eigenvalue weighted by molar-refractivity contribution is 5.93. The number of nitrogen functional groups attached to an aromatic ring is 1. The molecule has 2 atom stereocenters. The Labute approximate surface area is 108 Å². The minimum absolute atomic E-state index is 0.0307. The standard InChI is InChI=1S/C13H21N3O2/c1-9-4-5-16(8-12(9)18-3)13(17)11-6-10(14)7-15(11)2/h6-7,9,12H,4-5,8,14H2,1-3H3. The van der Waals surface area contributed by atoms with E-state index in [4.69, 9.17) is 10.5 Å². The van der Waals surface area contributed by atoms with Crippen molar-refractivity contribution >= 4 is 11.6 Å². The fourth-order valence-corrected chi connectivity index (χ4v) is 2.49. The van der Waals surface area contributed by atoms with E-state index in [1.807, 2.05) is 11.9 Å². The maximum atomic E-state index is 12.4. The van der Waals surface area contributed by atoms with Crippen LogP contribution in [0.4, 0.5) is 5.69 Å². The number of hydrogen-bond donors (Lipinski definition) is 1. The lowest BCUT2D eigenvalue weighted by Crippen LogP contribution is -2.47.